The SMILES string of the molecule is COC(=O)C(=O)c1cc(Cl)ccc1OC. The molecule has 0 aliphatic carbocycles. The van der Waals surface area contributed by atoms with Crippen LogP contribution in [0, 0.1) is 0 Å². The fourth-order valence-electron chi connectivity index (χ4n) is 1.06. The molecule has 80 valence electrons. The highest BCUT2D eigenvalue weighted by molar-refractivity contribution is 6.42. The molecule has 0 fully saturated rings. The maximum absolute atomic E-state index is 11.5. The van der Waals surface area contributed by atoms with Crippen molar-refractivity contribution in [2.75, 3.05) is 14.2 Å². The van der Waals surface area contributed by atoms with Gasteiger partial charge in [-0.1, -0.05) is 11.6 Å². The Bertz CT molecular complexity index is 400. The van der Waals surface area contributed by atoms with Gasteiger partial charge in [-0.15, -0.1) is 0 Å². The number of carbonyl (C=O) groups is 2. The number of ether oxygens (including phenoxy) is 2. The van der Waals surface area contributed by atoms with E-state index in [1.165, 1.54) is 19.2 Å². The topological polar surface area (TPSA) is 52.6 Å². The predicted molar refractivity (Wildman–Crippen MR) is 54.4 cm³/mol. The van der Waals surface area contributed by atoms with Gasteiger partial charge in [-0.3, -0.25) is 4.79 Å². The number of rotatable bonds is 3. The lowest BCUT2D eigenvalue weighted by atomic mass is 10.1. The molecular formula is C10H9ClO4. The molecule has 1 rings (SSSR count). The molecule has 0 heterocycles. The van der Waals surface area contributed by atoms with Crippen LogP contribution < -0.4 is 4.74 Å². The summed E-state index contributed by atoms with van der Waals surface area (Å²) in [4.78, 5) is 22.5. The number of methoxy groups -OCH3 is 2. The number of carbonyl (C=O) groups excluding carboxylic acids is 2. The smallest absolute Gasteiger partial charge is 0.379 e. The van der Waals surface area contributed by atoms with Crippen LogP contribution in [0.25, 0.3) is 0 Å². The van der Waals surface area contributed by atoms with Crippen molar-refractivity contribution in [3.05, 3.63) is 28.8 Å². The average molecular weight is 229 g/mol. The summed E-state index contributed by atoms with van der Waals surface area (Å²) in [6, 6.07) is 4.44. The predicted octanol–water partition coefficient (Wildman–Crippen LogP) is 1.70. The van der Waals surface area contributed by atoms with Crippen molar-refractivity contribution in [3.8, 4) is 5.75 Å². The summed E-state index contributed by atoms with van der Waals surface area (Å²) >= 11 is 5.71. The second-order valence-electron chi connectivity index (χ2n) is 2.67. The van der Waals surface area contributed by atoms with Crippen LogP contribution in [-0.2, 0) is 9.53 Å². The molecule has 0 spiro atoms. The van der Waals surface area contributed by atoms with Gasteiger partial charge in [-0.25, -0.2) is 4.79 Å². The number of hydrogen-bond acceptors (Lipinski definition) is 4. The fraction of sp³-hybridized carbons (Fsp3) is 0.200. The van der Waals surface area contributed by atoms with Crippen LogP contribution in [0.3, 0.4) is 0 Å². The summed E-state index contributed by atoms with van der Waals surface area (Å²) in [5.41, 5.74) is 0.0943. The van der Waals surface area contributed by atoms with Crippen molar-refractivity contribution in [1.82, 2.24) is 0 Å². The number of Topliss-reactive ketones (excluding diaryl/α,β-unsaturated/α-hetero) is 1. The van der Waals surface area contributed by atoms with E-state index in [-0.39, 0.29) is 11.3 Å². The van der Waals surface area contributed by atoms with Crippen molar-refractivity contribution in [3.63, 3.8) is 0 Å². The molecule has 0 amide bonds. The van der Waals surface area contributed by atoms with Crippen LogP contribution in [0.1, 0.15) is 10.4 Å². The van der Waals surface area contributed by atoms with E-state index in [2.05, 4.69) is 4.74 Å². The van der Waals surface area contributed by atoms with Crippen LogP contribution in [0.15, 0.2) is 18.2 Å². The Hall–Kier alpha value is -1.55. The minimum Gasteiger partial charge on any atom is -0.496 e. The van der Waals surface area contributed by atoms with Gasteiger partial charge in [0.15, 0.2) is 0 Å². The molecule has 0 aliphatic heterocycles. The quantitative estimate of drug-likeness (QED) is 0.449. The molecule has 0 atom stereocenters. The number of benzene rings is 1. The van der Waals surface area contributed by atoms with Gasteiger partial charge in [-0.05, 0) is 18.2 Å². The highest BCUT2D eigenvalue weighted by atomic mass is 35.5. The summed E-state index contributed by atoms with van der Waals surface area (Å²) in [5.74, 6) is -1.44. The zero-order chi connectivity index (χ0) is 11.4. The molecule has 0 radical (unpaired) electrons. The van der Waals surface area contributed by atoms with Crippen LogP contribution in [0.5, 0.6) is 5.75 Å². The standard InChI is InChI=1S/C10H9ClO4/c1-14-8-4-3-6(11)5-7(8)9(12)10(13)15-2/h3-5H,1-2H3. The molecule has 0 aliphatic rings. The third-order valence-corrected chi connectivity index (χ3v) is 2.01. The zero-order valence-corrected chi connectivity index (χ0v) is 9.00. The molecule has 0 saturated carbocycles. The monoisotopic (exact) mass is 228 g/mol. The Kier molecular flexibility index (Phi) is 3.68. The minimum atomic E-state index is -0.949. The first-order valence-electron chi connectivity index (χ1n) is 4.06. The molecule has 15 heavy (non-hydrogen) atoms. The Morgan fingerprint density at radius 3 is 2.47 bits per heavy atom. The molecule has 0 saturated heterocycles. The summed E-state index contributed by atoms with van der Waals surface area (Å²) < 4.78 is 9.25. The molecule has 1 aromatic rings. The van der Waals surface area contributed by atoms with E-state index in [0.29, 0.717) is 5.02 Å². The summed E-state index contributed by atoms with van der Waals surface area (Å²) in [6.45, 7) is 0. The van der Waals surface area contributed by atoms with Crippen LogP contribution in [0.4, 0.5) is 0 Å². The highest BCUT2D eigenvalue weighted by Crippen LogP contribution is 2.23. The molecule has 0 bridgehead atoms. The number of esters is 1. The van der Waals surface area contributed by atoms with Gasteiger partial charge in [0.2, 0.25) is 0 Å². The summed E-state index contributed by atoms with van der Waals surface area (Å²) in [5, 5.41) is 0.350. The fourth-order valence-corrected chi connectivity index (χ4v) is 1.23. The normalized spacial score (nSPS) is 9.53. The van der Waals surface area contributed by atoms with Crippen molar-refractivity contribution in [2.24, 2.45) is 0 Å². The lowest BCUT2D eigenvalue weighted by molar-refractivity contribution is -0.135. The minimum absolute atomic E-state index is 0.0943. The second kappa shape index (κ2) is 4.79. The van der Waals surface area contributed by atoms with Crippen molar-refractivity contribution >= 4 is 23.4 Å². The van der Waals surface area contributed by atoms with E-state index < -0.39 is 11.8 Å². The van der Waals surface area contributed by atoms with Gasteiger partial charge in [0.1, 0.15) is 5.75 Å². The van der Waals surface area contributed by atoms with Gasteiger partial charge < -0.3 is 9.47 Å². The van der Waals surface area contributed by atoms with E-state index in [0.717, 1.165) is 7.11 Å². The summed E-state index contributed by atoms with van der Waals surface area (Å²) in [6.07, 6.45) is 0. The van der Waals surface area contributed by atoms with Crippen molar-refractivity contribution in [1.29, 1.82) is 0 Å². The Morgan fingerprint density at radius 2 is 1.93 bits per heavy atom. The lowest BCUT2D eigenvalue weighted by Crippen LogP contribution is -2.16. The Labute approximate surface area is 91.7 Å². The van der Waals surface area contributed by atoms with E-state index in [1.807, 2.05) is 0 Å². The number of halogens is 1. The summed E-state index contributed by atoms with van der Waals surface area (Å²) in [7, 11) is 2.54. The van der Waals surface area contributed by atoms with E-state index in [9.17, 15) is 9.59 Å². The van der Waals surface area contributed by atoms with Crippen molar-refractivity contribution in [2.45, 2.75) is 0 Å². The lowest BCUT2D eigenvalue weighted by Gasteiger charge is -2.06. The largest absolute Gasteiger partial charge is 0.496 e. The Balaban J connectivity index is 3.17. The first-order valence-corrected chi connectivity index (χ1v) is 4.44. The highest BCUT2D eigenvalue weighted by Gasteiger charge is 2.21. The molecule has 5 heteroatoms. The van der Waals surface area contributed by atoms with Gasteiger partial charge in [0.05, 0.1) is 19.8 Å². The third kappa shape index (κ3) is 2.47. The van der Waals surface area contributed by atoms with Gasteiger partial charge in [0.25, 0.3) is 5.78 Å². The van der Waals surface area contributed by atoms with Gasteiger partial charge in [0, 0.05) is 5.02 Å². The molecule has 0 aromatic heterocycles. The van der Waals surface area contributed by atoms with Crippen LogP contribution in [-0.4, -0.2) is 26.0 Å². The van der Waals surface area contributed by atoms with Gasteiger partial charge in [-0.2, -0.15) is 0 Å². The average Bonchev–Trinajstić information content (AvgIpc) is 2.27. The first kappa shape index (κ1) is 11.5. The van der Waals surface area contributed by atoms with Crippen molar-refractivity contribution < 1.29 is 19.1 Å². The Morgan fingerprint density at radius 1 is 1.27 bits per heavy atom. The molecule has 0 N–H and O–H groups in total. The number of hydrogen-bond donors (Lipinski definition) is 0. The second-order valence-corrected chi connectivity index (χ2v) is 3.10. The van der Waals surface area contributed by atoms with E-state index in [4.69, 9.17) is 16.3 Å². The van der Waals surface area contributed by atoms with Gasteiger partial charge >= 0.3 is 5.97 Å². The first-order chi connectivity index (χ1) is 7.10. The maximum atomic E-state index is 11.5. The van der Waals surface area contributed by atoms with Crippen LogP contribution in [0.2, 0.25) is 5.02 Å². The molecule has 4 nitrogen and oxygen atoms in total. The molecule has 0 unspecified atom stereocenters. The van der Waals surface area contributed by atoms with Crippen LogP contribution >= 0.6 is 11.6 Å². The molecule has 1 aromatic carbocycles. The molecular weight excluding hydrogens is 220 g/mol. The zero-order valence-electron chi connectivity index (χ0n) is 8.24. The number of ketones is 1. The van der Waals surface area contributed by atoms with E-state index >= 15 is 0 Å². The maximum Gasteiger partial charge on any atom is 0.379 e. The van der Waals surface area contributed by atoms with E-state index in [1.54, 1.807) is 6.07 Å². The third-order valence-electron chi connectivity index (χ3n) is 1.78.